The topological polar surface area (TPSA) is 76.9 Å². The van der Waals surface area contributed by atoms with E-state index in [0.29, 0.717) is 11.1 Å². The summed E-state index contributed by atoms with van der Waals surface area (Å²) in [7, 11) is 0. The van der Waals surface area contributed by atoms with Gasteiger partial charge in [0.1, 0.15) is 11.6 Å². The number of nitriles is 1. The molecule has 0 saturated heterocycles. The van der Waals surface area contributed by atoms with Gasteiger partial charge in [-0.3, -0.25) is 9.78 Å². The SMILES string of the molecule is N#Cc1c(-c2ccc(Br)cc2)cc(=O)[nH]c1O. The average Bonchev–Trinajstić information content (AvgIpc) is 2.29. The van der Waals surface area contributed by atoms with Gasteiger partial charge in [-0.15, -0.1) is 0 Å². The van der Waals surface area contributed by atoms with Gasteiger partial charge >= 0.3 is 0 Å². The summed E-state index contributed by atoms with van der Waals surface area (Å²) in [5.74, 6) is -0.405. The summed E-state index contributed by atoms with van der Waals surface area (Å²) in [6.07, 6.45) is 0. The predicted molar refractivity (Wildman–Crippen MR) is 66.6 cm³/mol. The van der Waals surface area contributed by atoms with Crippen LogP contribution in [0.4, 0.5) is 0 Å². The van der Waals surface area contributed by atoms with E-state index >= 15 is 0 Å². The molecule has 0 unspecified atom stereocenters. The molecule has 2 N–H and O–H groups in total. The molecule has 2 rings (SSSR count). The van der Waals surface area contributed by atoms with Crippen LogP contribution in [0.5, 0.6) is 5.88 Å². The highest BCUT2D eigenvalue weighted by Crippen LogP contribution is 2.27. The van der Waals surface area contributed by atoms with Crippen molar-refractivity contribution in [3.05, 3.63) is 50.7 Å². The number of nitrogens with one attached hydrogen (secondary N) is 1. The monoisotopic (exact) mass is 290 g/mol. The lowest BCUT2D eigenvalue weighted by Crippen LogP contribution is -2.05. The van der Waals surface area contributed by atoms with E-state index in [9.17, 15) is 9.90 Å². The number of halogens is 1. The molecule has 0 fully saturated rings. The molecule has 17 heavy (non-hydrogen) atoms. The van der Waals surface area contributed by atoms with Gasteiger partial charge in [0.25, 0.3) is 5.56 Å². The van der Waals surface area contributed by atoms with E-state index in [0.717, 1.165) is 4.47 Å². The third-order valence-corrected chi connectivity index (χ3v) is 2.82. The number of pyridine rings is 1. The van der Waals surface area contributed by atoms with Crippen LogP contribution in [0.2, 0.25) is 0 Å². The van der Waals surface area contributed by atoms with Gasteiger partial charge < -0.3 is 5.11 Å². The van der Waals surface area contributed by atoms with Crippen molar-refractivity contribution >= 4 is 15.9 Å². The number of hydrogen-bond acceptors (Lipinski definition) is 3. The highest BCUT2D eigenvalue weighted by Gasteiger charge is 2.11. The van der Waals surface area contributed by atoms with Gasteiger partial charge in [-0.05, 0) is 17.7 Å². The fourth-order valence-corrected chi connectivity index (χ4v) is 1.78. The number of benzene rings is 1. The minimum Gasteiger partial charge on any atom is -0.494 e. The molecule has 0 atom stereocenters. The second-order valence-electron chi connectivity index (χ2n) is 3.39. The Morgan fingerprint density at radius 1 is 1.29 bits per heavy atom. The average molecular weight is 291 g/mol. The van der Waals surface area contributed by atoms with Crippen LogP contribution >= 0.6 is 15.9 Å². The zero-order valence-electron chi connectivity index (χ0n) is 8.57. The summed E-state index contributed by atoms with van der Waals surface area (Å²) in [5, 5.41) is 18.5. The molecule has 5 heteroatoms. The molecule has 0 aliphatic carbocycles. The second-order valence-corrected chi connectivity index (χ2v) is 4.31. The number of aromatic hydroxyl groups is 1. The van der Waals surface area contributed by atoms with Crippen LogP contribution < -0.4 is 5.56 Å². The first-order valence-corrected chi connectivity index (χ1v) is 5.53. The first-order valence-electron chi connectivity index (χ1n) is 4.74. The molecule has 2 aromatic rings. The minimum absolute atomic E-state index is 0.0620. The lowest BCUT2D eigenvalue weighted by Gasteiger charge is -2.05. The molecule has 0 spiro atoms. The molecule has 1 aromatic heterocycles. The van der Waals surface area contributed by atoms with E-state index in [1.165, 1.54) is 6.07 Å². The Kier molecular flexibility index (Phi) is 2.98. The van der Waals surface area contributed by atoms with Crippen LogP contribution in [0, 0.1) is 11.3 Å². The molecule has 0 amide bonds. The highest BCUT2D eigenvalue weighted by molar-refractivity contribution is 9.10. The zero-order valence-corrected chi connectivity index (χ0v) is 10.2. The fourth-order valence-electron chi connectivity index (χ4n) is 1.52. The number of aromatic nitrogens is 1. The number of aromatic amines is 1. The molecular weight excluding hydrogens is 284 g/mol. The first-order chi connectivity index (χ1) is 8.11. The maximum absolute atomic E-state index is 11.3. The Balaban J connectivity index is 2.71. The Hall–Kier alpha value is -2.06. The van der Waals surface area contributed by atoms with E-state index in [4.69, 9.17) is 5.26 Å². The third kappa shape index (κ3) is 2.22. The van der Waals surface area contributed by atoms with Crippen LogP contribution in [0.1, 0.15) is 5.56 Å². The van der Waals surface area contributed by atoms with Crippen molar-refractivity contribution in [1.82, 2.24) is 4.98 Å². The van der Waals surface area contributed by atoms with E-state index in [1.807, 2.05) is 6.07 Å². The van der Waals surface area contributed by atoms with Crippen molar-refractivity contribution < 1.29 is 5.11 Å². The van der Waals surface area contributed by atoms with Gasteiger partial charge in [-0.1, -0.05) is 28.1 Å². The molecule has 1 aromatic carbocycles. The quantitative estimate of drug-likeness (QED) is 0.846. The lowest BCUT2D eigenvalue weighted by atomic mass is 10.0. The van der Waals surface area contributed by atoms with Crippen molar-refractivity contribution in [2.24, 2.45) is 0 Å². The van der Waals surface area contributed by atoms with Gasteiger partial charge in [-0.2, -0.15) is 5.26 Å². The molecule has 1 heterocycles. The van der Waals surface area contributed by atoms with Gasteiger partial charge in [0.2, 0.25) is 5.88 Å². The highest BCUT2D eigenvalue weighted by atomic mass is 79.9. The van der Waals surface area contributed by atoms with Crippen molar-refractivity contribution in [3.8, 4) is 23.1 Å². The van der Waals surface area contributed by atoms with Crippen LogP contribution in [-0.4, -0.2) is 10.1 Å². The van der Waals surface area contributed by atoms with Crippen molar-refractivity contribution in [2.75, 3.05) is 0 Å². The number of hydrogen-bond donors (Lipinski definition) is 2. The zero-order chi connectivity index (χ0) is 12.4. The standard InChI is InChI=1S/C12H7BrN2O2/c13-8-3-1-7(2-4-8)9-5-11(16)15-12(17)10(9)6-14/h1-5H,(H2,15,16,17). The Morgan fingerprint density at radius 3 is 2.53 bits per heavy atom. The molecule has 4 nitrogen and oxygen atoms in total. The molecule has 0 bridgehead atoms. The van der Waals surface area contributed by atoms with Crippen LogP contribution in [0.15, 0.2) is 39.6 Å². The normalized spacial score (nSPS) is 9.88. The molecule has 0 radical (unpaired) electrons. The lowest BCUT2D eigenvalue weighted by molar-refractivity contribution is 0.450. The predicted octanol–water partition coefficient (Wildman–Crippen LogP) is 2.38. The van der Waals surface area contributed by atoms with Gasteiger partial charge in [-0.25, -0.2) is 0 Å². The summed E-state index contributed by atoms with van der Waals surface area (Å²) in [6.45, 7) is 0. The Bertz CT molecular complexity index is 654. The molecule has 0 saturated carbocycles. The van der Waals surface area contributed by atoms with Gasteiger partial charge in [0.05, 0.1) is 0 Å². The summed E-state index contributed by atoms with van der Waals surface area (Å²) < 4.78 is 0.897. The smallest absolute Gasteiger partial charge is 0.251 e. The van der Waals surface area contributed by atoms with E-state index in [1.54, 1.807) is 24.3 Å². The van der Waals surface area contributed by atoms with Gasteiger partial charge in [0, 0.05) is 16.1 Å². The van der Waals surface area contributed by atoms with E-state index < -0.39 is 11.4 Å². The third-order valence-electron chi connectivity index (χ3n) is 2.29. The second kappa shape index (κ2) is 4.44. The summed E-state index contributed by atoms with van der Waals surface area (Å²) in [6, 6.07) is 10.3. The minimum atomic E-state index is -0.445. The maximum Gasteiger partial charge on any atom is 0.251 e. The van der Waals surface area contributed by atoms with Crippen molar-refractivity contribution in [1.29, 1.82) is 5.26 Å². The summed E-state index contributed by atoms with van der Waals surface area (Å²) in [4.78, 5) is 13.5. The summed E-state index contributed by atoms with van der Waals surface area (Å²) in [5.41, 5.74) is 0.735. The van der Waals surface area contributed by atoms with Crippen LogP contribution in [0.3, 0.4) is 0 Å². The first kappa shape index (κ1) is 11.4. The van der Waals surface area contributed by atoms with E-state index in [-0.39, 0.29) is 5.56 Å². The van der Waals surface area contributed by atoms with Crippen LogP contribution in [0.25, 0.3) is 11.1 Å². The number of H-pyrrole nitrogens is 1. The molecule has 0 aliphatic rings. The molecule has 0 aliphatic heterocycles. The largest absolute Gasteiger partial charge is 0.494 e. The molecular formula is C12H7BrN2O2. The Morgan fingerprint density at radius 2 is 1.94 bits per heavy atom. The summed E-state index contributed by atoms with van der Waals surface area (Å²) >= 11 is 3.30. The number of nitrogens with zero attached hydrogens (tertiary/aromatic N) is 1. The Labute approximate surface area is 105 Å². The van der Waals surface area contributed by atoms with Crippen molar-refractivity contribution in [2.45, 2.75) is 0 Å². The van der Waals surface area contributed by atoms with Crippen molar-refractivity contribution in [3.63, 3.8) is 0 Å². The van der Waals surface area contributed by atoms with E-state index in [2.05, 4.69) is 20.9 Å². The van der Waals surface area contributed by atoms with Crippen LogP contribution in [-0.2, 0) is 0 Å². The fraction of sp³-hybridized carbons (Fsp3) is 0. The van der Waals surface area contributed by atoms with Gasteiger partial charge in [0.15, 0.2) is 0 Å². The number of rotatable bonds is 1. The maximum atomic E-state index is 11.3. The molecule has 84 valence electrons.